The summed E-state index contributed by atoms with van der Waals surface area (Å²) in [6.07, 6.45) is 1.90. The Morgan fingerprint density at radius 3 is 2.58 bits per heavy atom. The zero-order valence-corrected chi connectivity index (χ0v) is 8.43. The summed E-state index contributed by atoms with van der Waals surface area (Å²) in [5.41, 5.74) is 5.62. The summed E-state index contributed by atoms with van der Waals surface area (Å²) >= 11 is 0. The highest BCUT2D eigenvalue weighted by Crippen LogP contribution is 2.12. The summed E-state index contributed by atoms with van der Waals surface area (Å²) < 4.78 is 0. The van der Waals surface area contributed by atoms with E-state index in [2.05, 4.69) is 0 Å². The number of nitrogens with zero attached hydrogens (tertiary/aromatic N) is 1. The average Bonchev–Trinajstić information content (AvgIpc) is 1.94. The lowest BCUT2D eigenvalue weighted by atomic mass is 10.0. The van der Waals surface area contributed by atoms with Crippen molar-refractivity contribution in [1.29, 1.82) is 0 Å². The maximum atomic E-state index is 11.4. The van der Waals surface area contributed by atoms with Gasteiger partial charge in [0, 0.05) is 12.6 Å². The number of carbonyl (C=O) groups is 1. The molecule has 1 heterocycles. The molecule has 72 valence electrons. The van der Waals surface area contributed by atoms with E-state index in [0.29, 0.717) is 6.04 Å². The molecule has 3 nitrogen and oxygen atoms in total. The lowest BCUT2D eigenvalue weighted by Gasteiger charge is -2.33. The third kappa shape index (κ3) is 2.35. The van der Waals surface area contributed by atoms with Gasteiger partial charge < -0.3 is 10.6 Å². The molecule has 0 aromatic heterocycles. The quantitative estimate of drug-likeness (QED) is 0.667. The molecule has 1 aliphatic rings. The first-order valence-electron chi connectivity index (χ1n) is 4.19. The molecule has 0 bridgehead atoms. The van der Waals surface area contributed by atoms with E-state index < -0.39 is 0 Å². The molecule has 0 aromatic rings. The van der Waals surface area contributed by atoms with E-state index >= 15 is 0 Å². The SMILES string of the molecule is CC(C)N1CCC[C@H](N)C1=O.Cl. The van der Waals surface area contributed by atoms with Crippen LogP contribution < -0.4 is 5.73 Å². The van der Waals surface area contributed by atoms with Crippen LogP contribution in [0.15, 0.2) is 0 Å². The van der Waals surface area contributed by atoms with Crippen molar-refractivity contribution >= 4 is 18.3 Å². The van der Waals surface area contributed by atoms with Gasteiger partial charge in [-0.15, -0.1) is 12.4 Å². The van der Waals surface area contributed by atoms with E-state index in [-0.39, 0.29) is 24.4 Å². The van der Waals surface area contributed by atoms with Gasteiger partial charge in [0.1, 0.15) is 0 Å². The summed E-state index contributed by atoms with van der Waals surface area (Å²) in [5.74, 6) is 0.117. The standard InChI is InChI=1S/C8H16N2O.ClH/c1-6(2)10-5-3-4-7(9)8(10)11;/h6-7H,3-5,9H2,1-2H3;1H/t7-;/m0./s1. The van der Waals surface area contributed by atoms with Gasteiger partial charge in [0.2, 0.25) is 5.91 Å². The molecule has 0 radical (unpaired) electrons. The molecule has 4 heteroatoms. The Bertz CT molecular complexity index is 161. The Morgan fingerprint density at radius 2 is 2.17 bits per heavy atom. The highest BCUT2D eigenvalue weighted by molar-refractivity contribution is 5.85. The Labute approximate surface area is 79.7 Å². The smallest absolute Gasteiger partial charge is 0.239 e. The molecule has 0 aliphatic carbocycles. The molecule has 1 saturated heterocycles. The van der Waals surface area contributed by atoms with Crippen molar-refractivity contribution in [2.75, 3.05) is 6.54 Å². The third-order valence-electron chi connectivity index (χ3n) is 2.14. The number of halogens is 1. The Hall–Kier alpha value is -0.280. The Balaban J connectivity index is 0.00000121. The maximum absolute atomic E-state index is 11.4. The number of hydrogen-bond donors (Lipinski definition) is 1. The summed E-state index contributed by atoms with van der Waals surface area (Å²) in [4.78, 5) is 13.2. The van der Waals surface area contributed by atoms with E-state index in [4.69, 9.17) is 5.73 Å². The molecule has 1 fully saturated rings. The van der Waals surface area contributed by atoms with E-state index in [1.807, 2.05) is 18.7 Å². The van der Waals surface area contributed by atoms with Gasteiger partial charge in [0.05, 0.1) is 6.04 Å². The summed E-state index contributed by atoms with van der Waals surface area (Å²) in [6, 6.07) is 0.0556. The fourth-order valence-corrected chi connectivity index (χ4v) is 1.44. The van der Waals surface area contributed by atoms with Crippen LogP contribution in [0, 0.1) is 0 Å². The Morgan fingerprint density at radius 1 is 1.58 bits per heavy atom. The fourth-order valence-electron chi connectivity index (χ4n) is 1.44. The first-order chi connectivity index (χ1) is 5.13. The molecular weight excluding hydrogens is 176 g/mol. The highest BCUT2D eigenvalue weighted by atomic mass is 35.5. The Kier molecular flexibility index (Phi) is 4.57. The van der Waals surface area contributed by atoms with Crippen LogP contribution in [0.3, 0.4) is 0 Å². The normalized spacial score (nSPS) is 24.2. The predicted molar refractivity (Wildman–Crippen MR) is 51.3 cm³/mol. The van der Waals surface area contributed by atoms with Crippen molar-refractivity contribution in [2.24, 2.45) is 5.73 Å². The van der Waals surface area contributed by atoms with Crippen molar-refractivity contribution < 1.29 is 4.79 Å². The van der Waals surface area contributed by atoms with Gasteiger partial charge in [-0.2, -0.15) is 0 Å². The van der Waals surface area contributed by atoms with Crippen LogP contribution in [0.5, 0.6) is 0 Å². The minimum Gasteiger partial charge on any atom is -0.339 e. The number of piperidine rings is 1. The monoisotopic (exact) mass is 192 g/mol. The molecule has 0 unspecified atom stereocenters. The van der Waals surface area contributed by atoms with Crippen molar-refractivity contribution in [3.8, 4) is 0 Å². The molecule has 12 heavy (non-hydrogen) atoms. The number of carbonyl (C=O) groups excluding carboxylic acids is 1. The third-order valence-corrected chi connectivity index (χ3v) is 2.14. The fraction of sp³-hybridized carbons (Fsp3) is 0.875. The molecule has 0 aromatic carbocycles. The largest absolute Gasteiger partial charge is 0.339 e. The van der Waals surface area contributed by atoms with Crippen molar-refractivity contribution in [3.63, 3.8) is 0 Å². The summed E-state index contributed by atoms with van der Waals surface area (Å²) in [5, 5.41) is 0. The van der Waals surface area contributed by atoms with Crippen molar-refractivity contribution in [1.82, 2.24) is 4.90 Å². The molecule has 2 N–H and O–H groups in total. The lowest BCUT2D eigenvalue weighted by molar-refractivity contribution is -0.136. The number of amides is 1. The lowest BCUT2D eigenvalue weighted by Crippen LogP contribution is -2.50. The number of hydrogen-bond acceptors (Lipinski definition) is 2. The van der Waals surface area contributed by atoms with E-state index in [1.165, 1.54) is 0 Å². The van der Waals surface area contributed by atoms with Gasteiger partial charge in [-0.3, -0.25) is 4.79 Å². The molecule has 1 aliphatic heterocycles. The molecule has 0 saturated carbocycles. The van der Waals surface area contributed by atoms with Crippen LogP contribution in [0.4, 0.5) is 0 Å². The maximum Gasteiger partial charge on any atom is 0.239 e. The van der Waals surface area contributed by atoms with E-state index in [0.717, 1.165) is 19.4 Å². The minimum atomic E-state index is -0.244. The number of rotatable bonds is 1. The van der Waals surface area contributed by atoms with Crippen LogP contribution in [0.1, 0.15) is 26.7 Å². The molecule has 0 spiro atoms. The molecule has 1 atom stereocenters. The van der Waals surface area contributed by atoms with Gasteiger partial charge in [0.15, 0.2) is 0 Å². The van der Waals surface area contributed by atoms with Gasteiger partial charge >= 0.3 is 0 Å². The van der Waals surface area contributed by atoms with Crippen molar-refractivity contribution in [3.05, 3.63) is 0 Å². The zero-order valence-electron chi connectivity index (χ0n) is 7.62. The number of nitrogens with two attached hydrogens (primary N) is 1. The highest BCUT2D eigenvalue weighted by Gasteiger charge is 2.26. The van der Waals surface area contributed by atoms with Gasteiger partial charge in [-0.25, -0.2) is 0 Å². The minimum absolute atomic E-state index is 0. The molecule has 1 rings (SSSR count). The topological polar surface area (TPSA) is 46.3 Å². The van der Waals surface area contributed by atoms with Gasteiger partial charge in [-0.1, -0.05) is 0 Å². The van der Waals surface area contributed by atoms with Crippen LogP contribution >= 0.6 is 12.4 Å². The van der Waals surface area contributed by atoms with Crippen LogP contribution in [0.2, 0.25) is 0 Å². The zero-order chi connectivity index (χ0) is 8.43. The predicted octanol–water partition coefficient (Wildman–Crippen LogP) is 0.766. The van der Waals surface area contributed by atoms with Crippen molar-refractivity contribution in [2.45, 2.75) is 38.8 Å². The van der Waals surface area contributed by atoms with Gasteiger partial charge in [-0.05, 0) is 26.7 Å². The molecular formula is C8H17ClN2O. The van der Waals surface area contributed by atoms with Gasteiger partial charge in [0.25, 0.3) is 0 Å². The summed E-state index contributed by atoms with van der Waals surface area (Å²) in [6.45, 7) is 4.93. The second kappa shape index (κ2) is 4.67. The first-order valence-corrected chi connectivity index (χ1v) is 4.19. The van der Waals surface area contributed by atoms with Crippen LogP contribution in [-0.4, -0.2) is 29.4 Å². The first kappa shape index (κ1) is 11.7. The second-order valence-electron chi connectivity index (χ2n) is 3.37. The van der Waals surface area contributed by atoms with Crippen LogP contribution in [-0.2, 0) is 4.79 Å². The average molecular weight is 193 g/mol. The second-order valence-corrected chi connectivity index (χ2v) is 3.37. The molecule has 1 amide bonds. The number of likely N-dealkylation sites (tertiary alicyclic amines) is 1. The summed E-state index contributed by atoms with van der Waals surface area (Å²) in [7, 11) is 0. The van der Waals surface area contributed by atoms with Crippen LogP contribution in [0.25, 0.3) is 0 Å². The van der Waals surface area contributed by atoms with E-state index in [1.54, 1.807) is 0 Å². The van der Waals surface area contributed by atoms with E-state index in [9.17, 15) is 4.79 Å².